The Kier molecular flexibility index (Phi) is 6.87. The number of likely N-dealkylation sites (tertiary alicyclic amines) is 1. The molecule has 0 radical (unpaired) electrons. The zero-order valence-corrected chi connectivity index (χ0v) is 24.3. The molecule has 226 valence electrons. The second-order valence-electron chi connectivity index (χ2n) is 12.3. The quantitative estimate of drug-likeness (QED) is 0.284. The molecule has 11 heteroatoms. The van der Waals surface area contributed by atoms with Gasteiger partial charge in [-0.25, -0.2) is 0 Å². The maximum absolute atomic E-state index is 14.0. The summed E-state index contributed by atoms with van der Waals surface area (Å²) in [5.41, 5.74) is 5.01. The molecule has 1 amide bonds. The fraction of sp³-hybridized carbons (Fsp3) is 0.406. The number of ketones is 2. The molecule has 0 aromatic heterocycles. The summed E-state index contributed by atoms with van der Waals surface area (Å²) >= 11 is 0. The van der Waals surface area contributed by atoms with Crippen molar-refractivity contribution in [1.29, 1.82) is 0 Å². The van der Waals surface area contributed by atoms with Crippen LogP contribution in [0.25, 0.3) is 16.9 Å². The van der Waals surface area contributed by atoms with Crippen LogP contribution in [0.15, 0.2) is 53.3 Å². The van der Waals surface area contributed by atoms with Gasteiger partial charge < -0.3 is 31.5 Å². The molecule has 2 aromatic rings. The van der Waals surface area contributed by atoms with Crippen molar-refractivity contribution < 1.29 is 34.8 Å². The number of hydrogen-bond acceptors (Lipinski definition) is 10. The van der Waals surface area contributed by atoms with Crippen molar-refractivity contribution in [2.45, 2.75) is 43.5 Å². The maximum atomic E-state index is 14.0. The number of Topliss-reactive ketones (excluding diaryl/α,β-unsaturated/α-hetero) is 2. The van der Waals surface area contributed by atoms with Gasteiger partial charge in [0.2, 0.25) is 5.78 Å². The Bertz CT molecular complexity index is 1610. The highest BCUT2D eigenvalue weighted by molar-refractivity contribution is 6.24. The molecule has 0 bridgehead atoms. The lowest BCUT2D eigenvalue weighted by molar-refractivity contribution is -0.153. The number of aliphatic hydroxyl groups is 3. The SMILES string of the molecule is CN(C)[C@H]1C(=O)C(C(N)=O)=C(O)[C@@]2(O)C(=O)C3=C(O)c4c(O)ccc(-c5ccc(N[C@H]6CCCN6C)cc5)c4C[C@H]3C[C@@H]12. The Morgan fingerprint density at radius 2 is 1.79 bits per heavy atom. The summed E-state index contributed by atoms with van der Waals surface area (Å²) in [4.78, 5) is 43.2. The van der Waals surface area contributed by atoms with Crippen LogP contribution in [0, 0.1) is 11.8 Å². The highest BCUT2D eigenvalue weighted by atomic mass is 16.3. The molecule has 2 fully saturated rings. The summed E-state index contributed by atoms with van der Waals surface area (Å²) in [7, 11) is 5.24. The first-order valence-corrected chi connectivity index (χ1v) is 14.4. The van der Waals surface area contributed by atoms with Crippen LogP contribution in [0.1, 0.15) is 30.4 Å². The number of rotatable bonds is 5. The van der Waals surface area contributed by atoms with Crippen LogP contribution in [0.5, 0.6) is 5.75 Å². The highest BCUT2D eigenvalue weighted by Crippen LogP contribution is 2.53. The molecule has 0 spiro atoms. The van der Waals surface area contributed by atoms with Gasteiger partial charge >= 0.3 is 0 Å². The van der Waals surface area contributed by atoms with Gasteiger partial charge in [-0.05, 0) is 94.2 Å². The van der Waals surface area contributed by atoms with E-state index in [4.69, 9.17) is 5.73 Å². The average molecular weight is 589 g/mol. The number of amides is 1. The van der Waals surface area contributed by atoms with E-state index < -0.39 is 58.0 Å². The second kappa shape index (κ2) is 10.2. The van der Waals surface area contributed by atoms with Gasteiger partial charge in [-0.15, -0.1) is 0 Å². The fourth-order valence-corrected chi connectivity index (χ4v) is 7.55. The lowest BCUT2D eigenvalue weighted by Crippen LogP contribution is -2.65. The molecule has 43 heavy (non-hydrogen) atoms. The summed E-state index contributed by atoms with van der Waals surface area (Å²) < 4.78 is 0. The number of aliphatic hydroxyl groups excluding tert-OH is 2. The summed E-state index contributed by atoms with van der Waals surface area (Å²) in [6.45, 7) is 1.04. The van der Waals surface area contributed by atoms with Crippen molar-refractivity contribution in [3.63, 3.8) is 0 Å². The summed E-state index contributed by atoms with van der Waals surface area (Å²) in [5.74, 6) is -6.66. The molecule has 11 nitrogen and oxygen atoms in total. The predicted octanol–water partition coefficient (Wildman–Crippen LogP) is 2.09. The molecule has 5 atom stereocenters. The minimum atomic E-state index is -2.66. The predicted molar refractivity (Wildman–Crippen MR) is 159 cm³/mol. The van der Waals surface area contributed by atoms with Crippen LogP contribution in [-0.2, 0) is 20.8 Å². The lowest BCUT2D eigenvalue weighted by atomic mass is 9.57. The largest absolute Gasteiger partial charge is 0.508 e. The van der Waals surface area contributed by atoms with E-state index in [1.165, 1.54) is 11.0 Å². The Morgan fingerprint density at radius 3 is 2.40 bits per heavy atom. The van der Waals surface area contributed by atoms with Gasteiger partial charge in [-0.1, -0.05) is 18.2 Å². The molecule has 1 aliphatic heterocycles. The van der Waals surface area contributed by atoms with E-state index >= 15 is 0 Å². The number of primary amides is 1. The number of aromatic hydroxyl groups is 1. The molecule has 1 saturated heterocycles. The number of nitrogens with one attached hydrogen (secondary N) is 1. The molecular formula is C32H36N4O7. The third-order valence-electron chi connectivity index (χ3n) is 9.65. The molecule has 6 rings (SSSR count). The highest BCUT2D eigenvalue weighted by Gasteiger charge is 2.64. The van der Waals surface area contributed by atoms with E-state index in [0.717, 1.165) is 36.2 Å². The number of phenols is 1. The zero-order valence-electron chi connectivity index (χ0n) is 24.3. The van der Waals surface area contributed by atoms with Gasteiger partial charge in [0.25, 0.3) is 5.91 Å². The molecule has 2 aromatic carbocycles. The minimum Gasteiger partial charge on any atom is -0.508 e. The normalized spacial score (nSPS) is 29.0. The Morgan fingerprint density at radius 1 is 1.09 bits per heavy atom. The standard InChI is InChI=1S/C32H36N4O7/c1-35(2)26-20-14-16-13-19-18(15-6-8-17(9-7-15)34-22-5-4-12-36(22)3)10-11-21(37)24(19)27(38)23(16)29(40)32(20,43)30(41)25(28(26)39)31(33)42/h6-11,16,20,22,26,34,37-38,41,43H,4-5,12-14H2,1-3H3,(H2,33,42)/t16-,20-,22+,26+,32-/m0/s1. The zero-order chi connectivity index (χ0) is 31.0. The van der Waals surface area contributed by atoms with Gasteiger partial charge in [-0.3, -0.25) is 24.2 Å². The van der Waals surface area contributed by atoms with Crippen LogP contribution >= 0.6 is 0 Å². The van der Waals surface area contributed by atoms with Gasteiger partial charge in [0.1, 0.15) is 22.8 Å². The monoisotopic (exact) mass is 588 g/mol. The average Bonchev–Trinajstić information content (AvgIpc) is 3.35. The van der Waals surface area contributed by atoms with Crippen molar-refractivity contribution >= 4 is 28.9 Å². The fourth-order valence-electron chi connectivity index (χ4n) is 7.55. The Hall–Kier alpha value is -4.19. The number of nitrogens with zero attached hydrogens (tertiary/aromatic N) is 2. The van der Waals surface area contributed by atoms with Crippen LogP contribution < -0.4 is 11.1 Å². The van der Waals surface area contributed by atoms with Gasteiger partial charge in [0.15, 0.2) is 11.4 Å². The van der Waals surface area contributed by atoms with Crippen molar-refractivity contribution in [3.8, 4) is 16.9 Å². The number of likely N-dealkylation sites (N-methyl/N-ethyl adjacent to an activating group) is 1. The number of benzene rings is 2. The van der Waals surface area contributed by atoms with Crippen molar-refractivity contribution in [1.82, 2.24) is 9.80 Å². The molecule has 1 saturated carbocycles. The number of carbonyl (C=O) groups excluding carboxylic acids is 3. The van der Waals surface area contributed by atoms with E-state index in [0.29, 0.717) is 5.56 Å². The molecule has 3 aliphatic carbocycles. The number of phenolic OH excluding ortho intramolecular Hbond substituents is 1. The summed E-state index contributed by atoms with van der Waals surface area (Å²) in [6.07, 6.45) is 2.73. The van der Waals surface area contributed by atoms with Gasteiger partial charge in [0, 0.05) is 17.2 Å². The van der Waals surface area contributed by atoms with Gasteiger partial charge in [0.05, 0.1) is 17.8 Å². The van der Waals surface area contributed by atoms with E-state index in [1.54, 1.807) is 20.2 Å². The minimum absolute atomic E-state index is 0.0403. The number of fused-ring (bicyclic) bond motifs is 3. The number of carbonyl (C=O) groups is 3. The van der Waals surface area contributed by atoms with Crippen molar-refractivity contribution in [2.24, 2.45) is 17.6 Å². The van der Waals surface area contributed by atoms with Crippen LogP contribution in [-0.4, -0.2) is 93.2 Å². The van der Waals surface area contributed by atoms with Crippen LogP contribution in [0.2, 0.25) is 0 Å². The number of anilines is 1. The molecule has 0 unspecified atom stereocenters. The maximum Gasteiger partial charge on any atom is 0.255 e. The van der Waals surface area contributed by atoms with Crippen molar-refractivity contribution in [3.05, 3.63) is 64.4 Å². The van der Waals surface area contributed by atoms with E-state index in [-0.39, 0.29) is 35.9 Å². The van der Waals surface area contributed by atoms with E-state index in [2.05, 4.69) is 17.3 Å². The third-order valence-corrected chi connectivity index (χ3v) is 9.65. The Balaban J connectivity index is 1.43. The first kappa shape index (κ1) is 28.9. The first-order chi connectivity index (χ1) is 20.4. The summed E-state index contributed by atoms with van der Waals surface area (Å²) in [6, 6.07) is 9.97. The molecular weight excluding hydrogens is 552 g/mol. The smallest absolute Gasteiger partial charge is 0.255 e. The van der Waals surface area contributed by atoms with E-state index in [1.807, 2.05) is 24.3 Å². The van der Waals surface area contributed by atoms with Gasteiger partial charge in [-0.2, -0.15) is 0 Å². The lowest BCUT2D eigenvalue weighted by Gasteiger charge is -2.50. The molecule has 4 aliphatic rings. The molecule has 7 N–H and O–H groups in total. The number of hydrogen-bond donors (Lipinski definition) is 6. The number of nitrogens with two attached hydrogens (primary N) is 1. The molecule has 1 heterocycles. The van der Waals surface area contributed by atoms with Crippen molar-refractivity contribution in [2.75, 3.05) is 33.0 Å². The topological polar surface area (TPSA) is 177 Å². The Labute approximate surface area is 248 Å². The third kappa shape index (κ3) is 4.25. The second-order valence-corrected chi connectivity index (χ2v) is 12.3. The van der Waals surface area contributed by atoms with E-state index in [9.17, 15) is 34.8 Å². The van der Waals surface area contributed by atoms with Crippen LogP contribution in [0.4, 0.5) is 5.69 Å². The van der Waals surface area contributed by atoms with Crippen LogP contribution in [0.3, 0.4) is 0 Å². The summed E-state index contributed by atoms with van der Waals surface area (Å²) in [5, 5.41) is 48.7. The first-order valence-electron chi connectivity index (χ1n) is 14.4.